The number of nitrogens with zero attached hydrogens (tertiary/aromatic N) is 4. The molecule has 0 radical (unpaired) electrons. The summed E-state index contributed by atoms with van der Waals surface area (Å²) < 4.78 is 2.35. The summed E-state index contributed by atoms with van der Waals surface area (Å²) in [5, 5.41) is 11.2. The lowest BCUT2D eigenvalue weighted by molar-refractivity contribution is 0.260. The lowest BCUT2D eigenvalue weighted by Crippen LogP contribution is -2.25. The number of hydrogen-bond acceptors (Lipinski definition) is 6. The number of anilines is 1. The zero-order valence-corrected chi connectivity index (χ0v) is 19.2. The SMILES string of the molecule is O=c1[nH]cnc2c(-c3ccc4c(c3)ncn4C3CCCCC3)sc(N3C[C@@H]4[C@@H](CO)[C@@H]4C3)c12. The van der Waals surface area contributed by atoms with E-state index >= 15 is 0 Å². The molecule has 4 heterocycles. The number of aliphatic hydroxyl groups excluding tert-OH is 1. The molecule has 3 aliphatic rings. The van der Waals surface area contributed by atoms with Crippen LogP contribution in [-0.4, -0.2) is 44.3 Å². The van der Waals surface area contributed by atoms with Crippen LogP contribution in [0.4, 0.5) is 5.00 Å². The highest BCUT2D eigenvalue weighted by Crippen LogP contribution is 2.54. The Morgan fingerprint density at radius 3 is 2.73 bits per heavy atom. The molecule has 3 fully saturated rings. The third-order valence-corrected chi connectivity index (χ3v) is 9.44. The predicted molar refractivity (Wildman–Crippen MR) is 131 cm³/mol. The molecule has 0 spiro atoms. The zero-order valence-electron chi connectivity index (χ0n) is 18.4. The van der Waals surface area contributed by atoms with Gasteiger partial charge in [0.1, 0.15) is 10.4 Å². The second-order valence-corrected chi connectivity index (χ2v) is 10.9. The van der Waals surface area contributed by atoms with Gasteiger partial charge in [0.05, 0.1) is 34.1 Å². The van der Waals surface area contributed by atoms with Crippen LogP contribution >= 0.6 is 11.3 Å². The van der Waals surface area contributed by atoms with Crippen molar-refractivity contribution >= 4 is 38.3 Å². The molecule has 3 atom stereocenters. The molecule has 0 unspecified atom stereocenters. The van der Waals surface area contributed by atoms with Crippen LogP contribution in [-0.2, 0) is 0 Å². The van der Waals surface area contributed by atoms with Crippen molar-refractivity contribution in [3.63, 3.8) is 0 Å². The van der Waals surface area contributed by atoms with Gasteiger partial charge in [-0.05, 0) is 48.3 Å². The smallest absolute Gasteiger partial charge is 0.261 e. The first kappa shape index (κ1) is 19.7. The largest absolute Gasteiger partial charge is 0.396 e. The van der Waals surface area contributed by atoms with Gasteiger partial charge < -0.3 is 19.6 Å². The number of H-pyrrole nitrogens is 1. The van der Waals surface area contributed by atoms with E-state index in [0.717, 1.165) is 39.6 Å². The second-order valence-electron chi connectivity index (χ2n) is 9.92. The maximum Gasteiger partial charge on any atom is 0.261 e. The zero-order chi connectivity index (χ0) is 22.1. The van der Waals surface area contributed by atoms with Gasteiger partial charge in [-0.25, -0.2) is 9.97 Å². The Hall–Kier alpha value is -2.71. The predicted octanol–water partition coefficient (Wildman–Crippen LogP) is 4.18. The topological polar surface area (TPSA) is 87.0 Å². The standard InChI is InChI=1S/C25H27N5O2S/c31-11-18-16-9-29(10-17(16)18)25-21-22(26-12-27-24(21)32)23(33-25)14-6-7-20-19(8-14)28-13-30(20)15-4-2-1-3-5-15/h6-8,12-13,15-18,31H,1-5,9-11H2,(H,26,27,32)/t16-,17+,18+. The van der Waals surface area contributed by atoms with Crippen molar-refractivity contribution < 1.29 is 5.11 Å². The third-order valence-electron chi connectivity index (χ3n) is 8.16. The summed E-state index contributed by atoms with van der Waals surface area (Å²) in [6.45, 7) is 2.09. The maximum absolute atomic E-state index is 12.8. The fraction of sp³-hybridized carbons (Fsp3) is 0.480. The van der Waals surface area contributed by atoms with Gasteiger partial charge in [-0.2, -0.15) is 0 Å². The van der Waals surface area contributed by atoms with Crippen LogP contribution < -0.4 is 10.5 Å². The van der Waals surface area contributed by atoms with Crippen molar-refractivity contribution in [3.05, 3.63) is 41.2 Å². The van der Waals surface area contributed by atoms with Gasteiger partial charge in [-0.1, -0.05) is 25.3 Å². The molecule has 7 nitrogen and oxygen atoms in total. The van der Waals surface area contributed by atoms with Crippen LogP contribution in [0.2, 0.25) is 0 Å². The van der Waals surface area contributed by atoms with E-state index in [2.05, 4.69) is 37.6 Å². The fourth-order valence-electron chi connectivity index (χ4n) is 6.29. The Labute approximate surface area is 195 Å². The molecule has 1 saturated heterocycles. The van der Waals surface area contributed by atoms with Gasteiger partial charge in [0.2, 0.25) is 0 Å². The Bertz CT molecular complexity index is 1400. The van der Waals surface area contributed by atoms with Crippen LogP contribution in [0.1, 0.15) is 38.1 Å². The molecule has 2 N–H and O–H groups in total. The van der Waals surface area contributed by atoms with E-state index in [1.165, 1.54) is 43.9 Å². The molecule has 170 valence electrons. The molecule has 1 aromatic carbocycles. The van der Waals surface area contributed by atoms with Gasteiger partial charge in [0, 0.05) is 25.7 Å². The van der Waals surface area contributed by atoms with Crippen LogP contribution in [0.15, 0.2) is 35.6 Å². The number of aromatic nitrogens is 4. The highest BCUT2D eigenvalue weighted by molar-refractivity contribution is 7.21. The molecule has 0 amide bonds. The number of nitrogens with one attached hydrogen (secondary N) is 1. The second kappa shape index (κ2) is 7.40. The lowest BCUT2D eigenvalue weighted by Gasteiger charge is -2.23. The Morgan fingerprint density at radius 1 is 1.12 bits per heavy atom. The van der Waals surface area contributed by atoms with Crippen LogP contribution in [0, 0.1) is 17.8 Å². The number of piperidine rings is 1. The molecule has 1 aliphatic heterocycles. The van der Waals surface area contributed by atoms with E-state index in [1.807, 2.05) is 6.33 Å². The van der Waals surface area contributed by atoms with Gasteiger partial charge >= 0.3 is 0 Å². The molecule has 2 aliphatic carbocycles. The van der Waals surface area contributed by atoms with Crippen molar-refractivity contribution in [2.45, 2.75) is 38.1 Å². The van der Waals surface area contributed by atoms with Crippen LogP contribution in [0.3, 0.4) is 0 Å². The number of thiophene rings is 1. The molecule has 3 aromatic heterocycles. The quantitative estimate of drug-likeness (QED) is 0.476. The molecule has 2 saturated carbocycles. The summed E-state index contributed by atoms with van der Waals surface area (Å²) >= 11 is 1.66. The summed E-state index contributed by atoms with van der Waals surface area (Å²) in [6.07, 6.45) is 9.89. The van der Waals surface area contributed by atoms with E-state index < -0.39 is 0 Å². The fourth-order valence-corrected chi connectivity index (χ4v) is 7.55. The van der Waals surface area contributed by atoms with Gasteiger partial charge in [-0.15, -0.1) is 11.3 Å². The van der Waals surface area contributed by atoms with Gasteiger partial charge in [-0.3, -0.25) is 4.79 Å². The Balaban J connectivity index is 1.30. The van der Waals surface area contributed by atoms with E-state index in [-0.39, 0.29) is 12.2 Å². The van der Waals surface area contributed by atoms with Gasteiger partial charge in [0.25, 0.3) is 5.56 Å². The van der Waals surface area contributed by atoms with Crippen molar-refractivity contribution in [2.24, 2.45) is 17.8 Å². The molecule has 33 heavy (non-hydrogen) atoms. The van der Waals surface area contributed by atoms with Crippen LogP contribution in [0.5, 0.6) is 0 Å². The number of hydrogen-bond donors (Lipinski definition) is 2. The van der Waals surface area contributed by atoms with E-state index in [9.17, 15) is 9.90 Å². The van der Waals surface area contributed by atoms with Crippen molar-refractivity contribution in [1.29, 1.82) is 0 Å². The maximum atomic E-state index is 12.8. The first-order chi connectivity index (χ1) is 16.2. The molecule has 0 bridgehead atoms. The first-order valence-corrected chi connectivity index (χ1v) is 12.9. The minimum atomic E-state index is -0.0839. The van der Waals surface area contributed by atoms with Crippen molar-refractivity contribution in [2.75, 3.05) is 24.6 Å². The molecular formula is C25H27N5O2S. The lowest BCUT2D eigenvalue weighted by atomic mass is 9.95. The summed E-state index contributed by atoms with van der Waals surface area (Å²) in [5.74, 6) is 1.53. The Kier molecular flexibility index (Phi) is 4.42. The summed E-state index contributed by atoms with van der Waals surface area (Å²) in [4.78, 5) is 28.3. The van der Waals surface area contributed by atoms with Gasteiger partial charge in [0.15, 0.2) is 0 Å². The number of benzene rings is 1. The number of fused-ring (bicyclic) bond motifs is 3. The van der Waals surface area contributed by atoms with Crippen LogP contribution in [0.25, 0.3) is 32.4 Å². The normalized spacial score (nSPS) is 25.2. The van der Waals surface area contributed by atoms with E-state index in [0.29, 0.717) is 29.2 Å². The highest BCUT2D eigenvalue weighted by atomic mass is 32.1. The number of aliphatic hydroxyl groups is 1. The summed E-state index contributed by atoms with van der Waals surface area (Å²) in [7, 11) is 0. The van der Waals surface area contributed by atoms with E-state index in [4.69, 9.17) is 4.98 Å². The average Bonchev–Trinajstić information content (AvgIpc) is 3.25. The number of imidazole rings is 1. The van der Waals surface area contributed by atoms with E-state index in [1.54, 1.807) is 11.3 Å². The molecular weight excluding hydrogens is 434 g/mol. The minimum Gasteiger partial charge on any atom is -0.396 e. The Morgan fingerprint density at radius 2 is 1.94 bits per heavy atom. The monoisotopic (exact) mass is 461 g/mol. The van der Waals surface area contributed by atoms with Crippen molar-refractivity contribution in [1.82, 2.24) is 19.5 Å². The summed E-state index contributed by atoms with van der Waals surface area (Å²) in [5.41, 5.74) is 3.93. The highest BCUT2D eigenvalue weighted by Gasteiger charge is 2.55. The van der Waals surface area contributed by atoms with Crippen molar-refractivity contribution in [3.8, 4) is 10.4 Å². The first-order valence-electron chi connectivity index (χ1n) is 12.1. The average molecular weight is 462 g/mol. The minimum absolute atomic E-state index is 0.0839. The molecule has 4 aromatic rings. The molecule has 8 heteroatoms. The number of aromatic amines is 1. The number of rotatable bonds is 4. The third kappa shape index (κ3) is 3.00. The molecule has 7 rings (SSSR count). The summed E-state index contributed by atoms with van der Waals surface area (Å²) in [6, 6.07) is 7.04.